The predicted molar refractivity (Wildman–Crippen MR) is 37.1 cm³/mol. The van der Waals surface area contributed by atoms with Crippen molar-refractivity contribution in [3.05, 3.63) is 11.9 Å². The van der Waals surface area contributed by atoms with Crippen molar-refractivity contribution in [2.45, 2.75) is 25.2 Å². The predicted octanol–water partition coefficient (Wildman–Crippen LogP) is 4.74. The third-order valence-corrected chi connectivity index (χ3v) is 1.58. The minimum absolute atomic E-state index is 3.49. The lowest BCUT2D eigenvalue weighted by Gasteiger charge is -2.30. The number of hydrogen-bond acceptors (Lipinski definition) is 2. The van der Waals surface area contributed by atoms with E-state index in [2.05, 4.69) is 0 Å². The summed E-state index contributed by atoms with van der Waals surface area (Å²) in [4.78, 5) is -6.97. The molecule has 0 aliphatic rings. The van der Waals surface area contributed by atoms with E-state index in [0.717, 1.165) is 0 Å². The van der Waals surface area contributed by atoms with Gasteiger partial charge in [0.25, 0.3) is 11.9 Å². The molecule has 0 aliphatic heterocycles. The molecule has 0 bridgehead atoms. The molecule has 0 heterocycles. The Labute approximate surface area is 110 Å². The summed E-state index contributed by atoms with van der Waals surface area (Å²) < 4.78 is 168. The average Bonchev–Trinajstić information content (AvgIpc) is 2.06. The molecule has 22 heavy (non-hydrogen) atoms. The number of halogens is 14. The smallest absolute Gasteiger partial charge is 0.182 e. The monoisotopic (exact) mass is 366 g/mol. The molecular weight excluding hydrogens is 366 g/mol. The van der Waals surface area contributed by atoms with E-state index in [-0.39, 0.29) is 0 Å². The summed E-state index contributed by atoms with van der Waals surface area (Å²) in [5.74, 6) is -8.98. The molecular formula is C6F14N2. The van der Waals surface area contributed by atoms with Crippen LogP contribution < -0.4 is 0 Å². The maximum absolute atomic E-state index is 12.7. The highest BCUT2D eigenvalue weighted by atomic mass is 19.4. The largest absolute Gasteiger partial charge is 0.493 e. The van der Waals surface area contributed by atoms with Gasteiger partial charge in [-0.2, -0.15) is 18.6 Å². The van der Waals surface area contributed by atoms with E-state index in [9.17, 15) is 61.5 Å². The SMILES string of the molecule is FC(=C(F)N(C(F)(F)F)C(F)(F)F)N(C(F)(F)F)C(F)(F)F. The van der Waals surface area contributed by atoms with Crippen LogP contribution in [-0.4, -0.2) is 35.0 Å². The Balaban J connectivity index is 6.25. The number of rotatable bonds is 2. The molecule has 0 atom stereocenters. The molecule has 0 radical (unpaired) electrons. The normalized spacial score (nSPS) is 15.5. The van der Waals surface area contributed by atoms with Crippen molar-refractivity contribution in [2.75, 3.05) is 0 Å². The molecule has 0 spiro atoms. The molecule has 0 N–H and O–H groups in total. The van der Waals surface area contributed by atoms with Gasteiger partial charge in [0.2, 0.25) is 0 Å². The molecule has 0 aromatic heterocycles. The van der Waals surface area contributed by atoms with Gasteiger partial charge in [-0.25, -0.2) is 0 Å². The van der Waals surface area contributed by atoms with Gasteiger partial charge in [0.15, 0.2) is 0 Å². The first-order valence-electron chi connectivity index (χ1n) is 4.24. The number of nitrogens with zero attached hydrogens (tertiary/aromatic N) is 2. The molecule has 16 heteroatoms. The summed E-state index contributed by atoms with van der Waals surface area (Å²) in [6.45, 7) is 0. The molecule has 0 aromatic rings. The van der Waals surface area contributed by atoms with Gasteiger partial charge in [0.1, 0.15) is 0 Å². The van der Waals surface area contributed by atoms with E-state index in [4.69, 9.17) is 0 Å². The lowest BCUT2D eigenvalue weighted by Crippen LogP contribution is -2.50. The number of hydrogen-bond donors (Lipinski definition) is 0. The van der Waals surface area contributed by atoms with Crippen molar-refractivity contribution >= 4 is 0 Å². The van der Waals surface area contributed by atoms with Crippen LogP contribution in [0.15, 0.2) is 11.9 Å². The Kier molecular flexibility index (Phi) is 5.12. The van der Waals surface area contributed by atoms with Crippen LogP contribution >= 0.6 is 0 Å². The summed E-state index contributed by atoms with van der Waals surface area (Å²) in [5, 5.41) is 0. The zero-order chi connectivity index (χ0) is 18.3. The Morgan fingerprint density at radius 1 is 0.409 bits per heavy atom. The molecule has 132 valence electrons. The lowest BCUT2D eigenvalue weighted by molar-refractivity contribution is -0.380. The molecule has 0 fully saturated rings. The van der Waals surface area contributed by atoms with E-state index in [1.54, 1.807) is 0 Å². The van der Waals surface area contributed by atoms with E-state index in [1.165, 1.54) is 0 Å². The summed E-state index contributed by atoms with van der Waals surface area (Å²) in [6.07, 6.45) is -27.5. The van der Waals surface area contributed by atoms with Gasteiger partial charge in [-0.1, -0.05) is 0 Å². The fourth-order valence-electron chi connectivity index (χ4n) is 0.917. The quantitative estimate of drug-likeness (QED) is 0.515. The van der Waals surface area contributed by atoms with Gasteiger partial charge in [-0.05, 0) is 0 Å². The van der Waals surface area contributed by atoms with Gasteiger partial charge >= 0.3 is 25.2 Å². The van der Waals surface area contributed by atoms with Crippen molar-refractivity contribution in [1.82, 2.24) is 9.80 Å². The highest BCUT2D eigenvalue weighted by Crippen LogP contribution is 2.43. The first kappa shape index (κ1) is 20.4. The summed E-state index contributed by atoms with van der Waals surface area (Å²) in [7, 11) is 0. The van der Waals surface area contributed by atoms with Crippen LogP contribution in [0.25, 0.3) is 0 Å². The molecule has 0 saturated carbocycles. The van der Waals surface area contributed by atoms with Gasteiger partial charge in [0.05, 0.1) is 0 Å². The minimum Gasteiger partial charge on any atom is -0.182 e. The van der Waals surface area contributed by atoms with Crippen LogP contribution in [-0.2, 0) is 0 Å². The van der Waals surface area contributed by atoms with Crippen molar-refractivity contribution < 1.29 is 61.5 Å². The van der Waals surface area contributed by atoms with Crippen LogP contribution in [0.2, 0.25) is 0 Å². The molecule has 0 aromatic carbocycles. The Morgan fingerprint density at radius 2 is 0.545 bits per heavy atom. The van der Waals surface area contributed by atoms with Gasteiger partial charge in [-0.3, -0.25) is 0 Å². The zero-order valence-electron chi connectivity index (χ0n) is 9.19. The highest BCUT2D eigenvalue weighted by molar-refractivity contribution is 5.02. The topological polar surface area (TPSA) is 6.48 Å². The second-order valence-corrected chi connectivity index (χ2v) is 3.12. The van der Waals surface area contributed by atoms with Gasteiger partial charge in [0, 0.05) is 0 Å². The molecule has 2 nitrogen and oxygen atoms in total. The fraction of sp³-hybridized carbons (Fsp3) is 0.667. The van der Waals surface area contributed by atoms with E-state index in [0.29, 0.717) is 0 Å². The Morgan fingerprint density at radius 3 is 0.636 bits per heavy atom. The third-order valence-electron chi connectivity index (χ3n) is 1.58. The second kappa shape index (κ2) is 5.53. The molecule has 0 unspecified atom stereocenters. The maximum Gasteiger partial charge on any atom is 0.493 e. The van der Waals surface area contributed by atoms with Gasteiger partial charge < -0.3 is 0 Å². The summed E-state index contributed by atoms with van der Waals surface area (Å²) >= 11 is 0. The van der Waals surface area contributed by atoms with E-state index < -0.39 is 46.9 Å². The first-order valence-corrected chi connectivity index (χ1v) is 4.24. The Hall–Kier alpha value is -1.64. The van der Waals surface area contributed by atoms with Crippen LogP contribution in [0.3, 0.4) is 0 Å². The first-order chi connectivity index (χ1) is 9.31. The van der Waals surface area contributed by atoms with Gasteiger partial charge in [-0.15, -0.1) is 52.7 Å². The minimum atomic E-state index is -6.89. The van der Waals surface area contributed by atoms with E-state index in [1.807, 2.05) is 0 Å². The van der Waals surface area contributed by atoms with Crippen LogP contribution in [0.1, 0.15) is 0 Å². The Bertz CT molecular complexity index is 353. The summed E-state index contributed by atoms with van der Waals surface area (Å²) in [5.41, 5.74) is 0. The average molecular weight is 366 g/mol. The summed E-state index contributed by atoms with van der Waals surface area (Å²) in [6, 6.07) is 0. The second-order valence-electron chi connectivity index (χ2n) is 3.12. The highest BCUT2D eigenvalue weighted by Gasteiger charge is 2.61. The standard InChI is InChI=1S/C6F14N2/c7-1(21(3(9,10)11)4(12,13)14)2(8)22(5(15,16)17)6(18,19)20. The molecule has 0 rings (SSSR count). The fourth-order valence-corrected chi connectivity index (χ4v) is 0.917. The molecule has 0 saturated heterocycles. The van der Waals surface area contributed by atoms with Crippen molar-refractivity contribution in [3.8, 4) is 0 Å². The molecule has 0 aliphatic carbocycles. The van der Waals surface area contributed by atoms with Crippen LogP contribution in [0.5, 0.6) is 0 Å². The van der Waals surface area contributed by atoms with Crippen LogP contribution in [0, 0.1) is 0 Å². The molecule has 0 amide bonds. The van der Waals surface area contributed by atoms with E-state index >= 15 is 0 Å². The maximum atomic E-state index is 12.7. The third kappa shape index (κ3) is 4.69. The van der Waals surface area contributed by atoms with Crippen LogP contribution in [0.4, 0.5) is 61.5 Å². The van der Waals surface area contributed by atoms with Crippen molar-refractivity contribution in [2.24, 2.45) is 0 Å². The lowest BCUT2D eigenvalue weighted by atomic mass is 10.6. The number of alkyl halides is 12. The van der Waals surface area contributed by atoms with Crippen molar-refractivity contribution in [1.29, 1.82) is 0 Å². The van der Waals surface area contributed by atoms with Crippen molar-refractivity contribution in [3.63, 3.8) is 0 Å². The zero-order valence-corrected chi connectivity index (χ0v) is 9.19.